The van der Waals surface area contributed by atoms with E-state index in [9.17, 15) is 19.2 Å². The molecule has 0 saturated heterocycles. The van der Waals surface area contributed by atoms with Crippen molar-refractivity contribution in [2.24, 2.45) is 5.92 Å². The molecule has 0 bridgehead atoms. The molecule has 2 rings (SSSR count). The maximum absolute atomic E-state index is 14.6. The van der Waals surface area contributed by atoms with Crippen LogP contribution in [0.4, 0.5) is 4.79 Å². The summed E-state index contributed by atoms with van der Waals surface area (Å²) in [5.74, 6) is -1.52. The Kier molecular flexibility index (Phi) is 13.0. The fraction of sp³-hybridized carbons (Fsp3) is 0.568. The summed E-state index contributed by atoms with van der Waals surface area (Å²) in [6.45, 7) is 21.9. The fourth-order valence-corrected chi connectivity index (χ4v) is 4.99. The number of hydrogen-bond acceptors (Lipinski definition) is 6. The molecule has 2 aromatic rings. The van der Waals surface area contributed by atoms with E-state index in [4.69, 9.17) is 9.47 Å². The molecule has 0 fully saturated rings. The Balaban J connectivity index is 2.64. The summed E-state index contributed by atoms with van der Waals surface area (Å²) in [4.78, 5) is 57.0. The van der Waals surface area contributed by atoms with Crippen molar-refractivity contribution in [1.29, 1.82) is 0 Å². The summed E-state index contributed by atoms with van der Waals surface area (Å²) in [5, 5.41) is 5.71. The van der Waals surface area contributed by atoms with E-state index in [-0.39, 0.29) is 12.3 Å². The lowest BCUT2D eigenvalue weighted by atomic mass is 9.93. The SMILES string of the molecule is Cc1ccc(C(C(=O)NC(Cc2ccccc2)C(=O)OC(C)(C)C)N(C(=O)C(CC(C)C)NC(=O)OC(C)(C)C)C(C)(C)C)cc1. The van der Waals surface area contributed by atoms with E-state index in [0.717, 1.165) is 11.1 Å². The first-order chi connectivity index (χ1) is 21.1. The first-order valence-electron chi connectivity index (χ1n) is 16.0. The Morgan fingerprint density at radius 2 is 1.28 bits per heavy atom. The van der Waals surface area contributed by atoms with Crippen molar-refractivity contribution < 1.29 is 28.7 Å². The van der Waals surface area contributed by atoms with Gasteiger partial charge in [0.05, 0.1) is 0 Å². The molecule has 3 unspecified atom stereocenters. The molecule has 3 atom stereocenters. The van der Waals surface area contributed by atoms with Crippen LogP contribution in [0.5, 0.6) is 0 Å². The van der Waals surface area contributed by atoms with E-state index in [0.29, 0.717) is 12.0 Å². The molecule has 0 aliphatic rings. The number of carbonyl (C=O) groups excluding carboxylic acids is 4. The second kappa shape index (κ2) is 15.6. The predicted octanol–water partition coefficient (Wildman–Crippen LogP) is 6.67. The number of esters is 1. The van der Waals surface area contributed by atoms with E-state index in [2.05, 4.69) is 10.6 Å². The van der Waals surface area contributed by atoms with Gasteiger partial charge in [-0.15, -0.1) is 0 Å². The molecule has 2 N–H and O–H groups in total. The topological polar surface area (TPSA) is 114 Å². The number of ether oxygens (including phenoxy) is 2. The van der Waals surface area contributed by atoms with Crippen LogP contribution in [0, 0.1) is 12.8 Å². The van der Waals surface area contributed by atoms with Crippen LogP contribution in [0.15, 0.2) is 54.6 Å². The summed E-state index contributed by atoms with van der Waals surface area (Å²) < 4.78 is 11.2. The average molecular weight is 638 g/mol. The second-order valence-corrected chi connectivity index (χ2v) is 15.3. The number of aryl methyl sites for hydroxylation is 1. The first-order valence-corrected chi connectivity index (χ1v) is 16.0. The van der Waals surface area contributed by atoms with Gasteiger partial charge in [-0.05, 0) is 92.7 Å². The number of rotatable bonds is 11. The standard InChI is InChI=1S/C37H55N3O6/c1-24(2)22-28(39-34(44)46-37(10,11)12)32(42)40(35(4,5)6)30(27-20-18-25(3)19-21-27)31(41)38-29(33(43)45-36(7,8)9)23-26-16-14-13-15-17-26/h13-21,24,28-30H,22-23H2,1-12H3,(H,38,41)(H,39,44). The van der Waals surface area contributed by atoms with Crippen LogP contribution >= 0.6 is 0 Å². The van der Waals surface area contributed by atoms with Crippen molar-refractivity contribution in [2.75, 3.05) is 0 Å². The molecule has 254 valence electrons. The highest BCUT2D eigenvalue weighted by molar-refractivity contribution is 5.94. The zero-order chi connectivity index (χ0) is 35.0. The van der Waals surface area contributed by atoms with Crippen LogP contribution in [0.2, 0.25) is 0 Å². The molecule has 2 aromatic carbocycles. The van der Waals surface area contributed by atoms with Gasteiger partial charge in [0, 0.05) is 12.0 Å². The van der Waals surface area contributed by atoms with Crippen LogP contribution in [-0.4, -0.2) is 57.6 Å². The number of nitrogens with zero attached hydrogens (tertiary/aromatic N) is 1. The molecule has 0 aromatic heterocycles. The van der Waals surface area contributed by atoms with Crippen LogP contribution in [-0.2, 0) is 30.3 Å². The van der Waals surface area contributed by atoms with Crippen molar-refractivity contribution in [3.05, 3.63) is 71.3 Å². The van der Waals surface area contributed by atoms with Crippen molar-refractivity contribution in [1.82, 2.24) is 15.5 Å². The monoisotopic (exact) mass is 637 g/mol. The van der Waals surface area contributed by atoms with E-state index in [1.807, 2.05) is 96.1 Å². The van der Waals surface area contributed by atoms with Gasteiger partial charge >= 0.3 is 12.1 Å². The summed E-state index contributed by atoms with van der Waals surface area (Å²) in [5.41, 5.74) is -0.0361. The third kappa shape index (κ3) is 12.5. The molecule has 0 radical (unpaired) electrons. The van der Waals surface area contributed by atoms with Gasteiger partial charge in [0.25, 0.3) is 0 Å². The zero-order valence-corrected chi connectivity index (χ0v) is 29.8. The van der Waals surface area contributed by atoms with Crippen LogP contribution in [0.3, 0.4) is 0 Å². The molecule has 0 aliphatic heterocycles. The minimum Gasteiger partial charge on any atom is -0.458 e. The lowest BCUT2D eigenvalue weighted by Crippen LogP contribution is -2.60. The number of nitrogens with one attached hydrogen (secondary N) is 2. The largest absolute Gasteiger partial charge is 0.458 e. The van der Waals surface area contributed by atoms with Crippen molar-refractivity contribution >= 4 is 23.9 Å². The normalized spacial score (nSPS) is 14.1. The highest BCUT2D eigenvalue weighted by Crippen LogP contribution is 2.31. The molecule has 0 spiro atoms. The highest BCUT2D eigenvalue weighted by atomic mass is 16.6. The molecule has 46 heavy (non-hydrogen) atoms. The highest BCUT2D eigenvalue weighted by Gasteiger charge is 2.43. The zero-order valence-electron chi connectivity index (χ0n) is 29.8. The maximum Gasteiger partial charge on any atom is 0.408 e. The van der Waals surface area contributed by atoms with Gasteiger partial charge in [-0.1, -0.05) is 74.0 Å². The van der Waals surface area contributed by atoms with Crippen molar-refractivity contribution in [2.45, 2.75) is 131 Å². The molecular formula is C37H55N3O6. The average Bonchev–Trinajstić information content (AvgIpc) is 2.88. The lowest BCUT2D eigenvalue weighted by Gasteiger charge is -2.43. The lowest BCUT2D eigenvalue weighted by molar-refractivity contribution is -0.159. The van der Waals surface area contributed by atoms with Gasteiger partial charge < -0.3 is 25.0 Å². The third-order valence-electron chi connectivity index (χ3n) is 6.85. The molecule has 9 heteroatoms. The third-order valence-corrected chi connectivity index (χ3v) is 6.85. The maximum atomic E-state index is 14.6. The van der Waals surface area contributed by atoms with E-state index >= 15 is 0 Å². The quantitative estimate of drug-likeness (QED) is 0.266. The van der Waals surface area contributed by atoms with Gasteiger partial charge in [-0.25, -0.2) is 9.59 Å². The van der Waals surface area contributed by atoms with Crippen LogP contribution in [0.1, 0.15) is 105 Å². The minimum atomic E-state index is -1.14. The summed E-state index contributed by atoms with van der Waals surface area (Å²) in [7, 11) is 0. The number of benzene rings is 2. The Hall–Kier alpha value is -3.88. The summed E-state index contributed by atoms with van der Waals surface area (Å²) in [6, 6.07) is 13.6. The molecule has 9 nitrogen and oxygen atoms in total. The fourth-order valence-electron chi connectivity index (χ4n) is 4.99. The minimum absolute atomic E-state index is 0.0415. The Morgan fingerprint density at radius 3 is 1.76 bits per heavy atom. The van der Waals surface area contributed by atoms with Gasteiger partial charge in [-0.2, -0.15) is 0 Å². The molecule has 0 heterocycles. The smallest absolute Gasteiger partial charge is 0.408 e. The first kappa shape index (κ1) is 38.3. The Bertz CT molecular complexity index is 1320. The Labute approximate surface area is 275 Å². The molecular weight excluding hydrogens is 582 g/mol. The summed E-state index contributed by atoms with van der Waals surface area (Å²) >= 11 is 0. The van der Waals surface area contributed by atoms with Gasteiger partial charge in [0.15, 0.2) is 0 Å². The number of alkyl carbamates (subject to hydrolysis) is 1. The van der Waals surface area contributed by atoms with E-state index < -0.39 is 58.7 Å². The molecule has 0 aliphatic carbocycles. The number of carbonyl (C=O) groups is 4. The number of hydrogen-bond donors (Lipinski definition) is 2. The van der Waals surface area contributed by atoms with Gasteiger partial charge in [0.2, 0.25) is 11.8 Å². The van der Waals surface area contributed by atoms with Gasteiger partial charge in [-0.3, -0.25) is 9.59 Å². The van der Waals surface area contributed by atoms with Crippen LogP contribution < -0.4 is 10.6 Å². The Morgan fingerprint density at radius 1 is 0.739 bits per heavy atom. The van der Waals surface area contributed by atoms with Crippen LogP contribution in [0.25, 0.3) is 0 Å². The van der Waals surface area contributed by atoms with Crippen molar-refractivity contribution in [3.63, 3.8) is 0 Å². The predicted molar refractivity (Wildman–Crippen MR) is 181 cm³/mol. The van der Waals surface area contributed by atoms with Gasteiger partial charge in [0.1, 0.15) is 29.3 Å². The summed E-state index contributed by atoms with van der Waals surface area (Å²) in [6.07, 6.45) is -0.201. The van der Waals surface area contributed by atoms with Crippen molar-refractivity contribution in [3.8, 4) is 0 Å². The molecule has 0 saturated carbocycles. The number of amides is 3. The van der Waals surface area contributed by atoms with E-state index in [1.54, 1.807) is 41.5 Å². The second-order valence-electron chi connectivity index (χ2n) is 15.3. The van der Waals surface area contributed by atoms with E-state index in [1.165, 1.54) is 4.90 Å². The molecule has 3 amide bonds.